The van der Waals surface area contributed by atoms with Gasteiger partial charge in [0.1, 0.15) is 0 Å². The molecule has 1 aliphatic rings. The van der Waals surface area contributed by atoms with Gasteiger partial charge in [-0.2, -0.15) is 0 Å². The number of hydrogen-bond acceptors (Lipinski definition) is 4. The number of benzene rings is 1. The predicted octanol–water partition coefficient (Wildman–Crippen LogP) is 3.20. The number of anilines is 2. The quantitative estimate of drug-likeness (QED) is 0.652. The average Bonchev–Trinajstić information content (AvgIpc) is 2.92. The van der Waals surface area contributed by atoms with Crippen LogP contribution in [0.4, 0.5) is 11.4 Å². The standard InChI is InChI=1S/C21H34N4O2/c1-3-21(4-2,16-22)20(27)24-18-11-9-10-17(14-18)23-19(26)15-25-12-7-5-6-8-13-25/h9-11,14H,3-8,12-13,15-16,22H2,1-2H3,(H,23,26)(H,24,27). The molecule has 1 fully saturated rings. The Morgan fingerprint density at radius 1 is 1.04 bits per heavy atom. The minimum Gasteiger partial charge on any atom is -0.329 e. The first-order valence-electron chi connectivity index (χ1n) is 10.2. The van der Waals surface area contributed by atoms with Crippen molar-refractivity contribution in [2.45, 2.75) is 52.4 Å². The van der Waals surface area contributed by atoms with Gasteiger partial charge in [-0.3, -0.25) is 14.5 Å². The second-order valence-electron chi connectivity index (χ2n) is 7.47. The lowest BCUT2D eigenvalue weighted by Gasteiger charge is -2.28. The molecule has 0 bridgehead atoms. The van der Waals surface area contributed by atoms with Crippen LogP contribution in [0.1, 0.15) is 52.4 Å². The van der Waals surface area contributed by atoms with Gasteiger partial charge in [0, 0.05) is 17.9 Å². The maximum Gasteiger partial charge on any atom is 0.238 e. The molecule has 1 saturated heterocycles. The van der Waals surface area contributed by atoms with Crippen LogP contribution in [-0.2, 0) is 9.59 Å². The molecule has 1 heterocycles. The number of nitrogens with zero attached hydrogens (tertiary/aromatic N) is 1. The molecule has 0 atom stereocenters. The van der Waals surface area contributed by atoms with Gasteiger partial charge < -0.3 is 16.4 Å². The monoisotopic (exact) mass is 374 g/mol. The van der Waals surface area contributed by atoms with Crippen LogP contribution in [0.5, 0.6) is 0 Å². The highest BCUT2D eigenvalue weighted by molar-refractivity contribution is 5.97. The fourth-order valence-corrected chi connectivity index (χ4v) is 3.59. The molecule has 0 spiro atoms. The van der Waals surface area contributed by atoms with E-state index in [9.17, 15) is 9.59 Å². The summed E-state index contributed by atoms with van der Waals surface area (Å²) in [7, 11) is 0. The Morgan fingerprint density at radius 3 is 2.19 bits per heavy atom. The zero-order valence-electron chi connectivity index (χ0n) is 16.7. The van der Waals surface area contributed by atoms with Gasteiger partial charge in [0.25, 0.3) is 0 Å². The van der Waals surface area contributed by atoms with Crippen LogP contribution in [0.25, 0.3) is 0 Å². The summed E-state index contributed by atoms with van der Waals surface area (Å²) in [5.74, 6) is -0.0816. The summed E-state index contributed by atoms with van der Waals surface area (Å²) < 4.78 is 0. The van der Waals surface area contributed by atoms with E-state index in [4.69, 9.17) is 5.73 Å². The van der Waals surface area contributed by atoms with Crippen molar-refractivity contribution < 1.29 is 9.59 Å². The van der Waals surface area contributed by atoms with Crippen molar-refractivity contribution in [1.82, 2.24) is 4.90 Å². The molecule has 4 N–H and O–H groups in total. The van der Waals surface area contributed by atoms with Crippen LogP contribution >= 0.6 is 0 Å². The van der Waals surface area contributed by atoms with E-state index in [0.29, 0.717) is 37.3 Å². The van der Waals surface area contributed by atoms with E-state index in [1.165, 1.54) is 12.8 Å². The number of hydrogen-bond donors (Lipinski definition) is 3. The highest BCUT2D eigenvalue weighted by atomic mass is 16.2. The third-order valence-electron chi connectivity index (χ3n) is 5.70. The Balaban J connectivity index is 1.96. The molecule has 150 valence electrons. The second kappa shape index (κ2) is 10.4. The molecule has 0 aromatic heterocycles. The van der Waals surface area contributed by atoms with E-state index in [1.807, 2.05) is 32.0 Å². The topological polar surface area (TPSA) is 87.5 Å². The first kappa shape index (κ1) is 21.4. The molecule has 0 unspecified atom stereocenters. The van der Waals surface area contributed by atoms with Crippen molar-refractivity contribution in [1.29, 1.82) is 0 Å². The Bertz CT molecular complexity index is 612. The summed E-state index contributed by atoms with van der Waals surface area (Å²) in [6, 6.07) is 7.30. The zero-order valence-corrected chi connectivity index (χ0v) is 16.7. The molecule has 2 amide bonds. The number of amides is 2. The van der Waals surface area contributed by atoms with Crippen LogP contribution < -0.4 is 16.4 Å². The van der Waals surface area contributed by atoms with Crippen molar-refractivity contribution >= 4 is 23.2 Å². The van der Waals surface area contributed by atoms with E-state index in [-0.39, 0.29) is 11.8 Å². The van der Waals surface area contributed by atoms with Gasteiger partial charge >= 0.3 is 0 Å². The van der Waals surface area contributed by atoms with Crippen LogP contribution in [0.3, 0.4) is 0 Å². The van der Waals surface area contributed by atoms with Gasteiger partial charge in [-0.1, -0.05) is 32.8 Å². The van der Waals surface area contributed by atoms with E-state index in [2.05, 4.69) is 15.5 Å². The van der Waals surface area contributed by atoms with E-state index >= 15 is 0 Å². The molecule has 1 aromatic carbocycles. The summed E-state index contributed by atoms with van der Waals surface area (Å²) in [6.45, 7) is 6.67. The van der Waals surface area contributed by atoms with Gasteiger partial charge in [-0.15, -0.1) is 0 Å². The van der Waals surface area contributed by atoms with Gasteiger partial charge in [0.2, 0.25) is 11.8 Å². The highest BCUT2D eigenvalue weighted by Gasteiger charge is 2.33. The molecule has 1 aliphatic heterocycles. The summed E-state index contributed by atoms with van der Waals surface area (Å²) in [4.78, 5) is 27.3. The first-order chi connectivity index (χ1) is 13.0. The molecule has 0 radical (unpaired) electrons. The van der Waals surface area contributed by atoms with Gasteiger partial charge in [0.05, 0.1) is 12.0 Å². The molecule has 27 heavy (non-hydrogen) atoms. The van der Waals surface area contributed by atoms with Crippen LogP contribution in [0, 0.1) is 5.41 Å². The largest absolute Gasteiger partial charge is 0.329 e. The Hall–Kier alpha value is -1.92. The fraction of sp³-hybridized carbons (Fsp3) is 0.619. The number of rotatable bonds is 8. The molecule has 2 rings (SSSR count). The molecule has 0 saturated carbocycles. The minimum absolute atomic E-state index is 0.0150. The second-order valence-corrected chi connectivity index (χ2v) is 7.47. The SMILES string of the molecule is CCC(CC)(CN)C(=O)Nc1cccc(NC(=O)CN2CCCCCC2)c1. The lowest BCUT2D eigenvalue weighted by molar-refractivity contribution is -0.125. The van der Waals surface area contributed by atoms with Crippen LogP contribution in [-0.4, -0.2) is 42.9 Å². The predicted molar refractivity (Wildman–Crippen MR) is 111 cm³/mol. The fourth-order valence-electron chi connectivity index (χ4n) is 3.59. The number of carbonyl (C=O) groups is 2. The van der Waals surface area contributed by atoms with Gasteiger partial charge in [0.15, 0.2) is 0 Å². The summed E-state index contributed by atoms with van der Waals surface area (Å²) in [5.41, 5.74) is 6.67. The molecular formula is C21H34N4O2. The van der Waals surface area contributed by atoms with Crippen molar-refractivity contribution in [3.63, 3.8) is 0 Å². The number of carbonyl (C=O) groups excluding carboxylic acids is 2. The Labute approximate surface area is 162 Å². The minimum atomic E-state index is -0.550. The smallest absolute Gasteiger partial charge is 0.238 e. The summed E-state index contributed by atoms with van der Waals surface area (Å²) in [6.07, 6.45) is 6.20. The van der Waals surface area contributed by atoms with E-state index in [0.717, 1.165) is 25.9 Å². The molecule has 6 nitrogen and oxygen atoms in total. The number of nitrogens with one attached hydrogen (secondary N) is 2. The average molecular weight is 375 g/mol. The van der Waals surface area contributed by atoms with Gasteiger partial charge in [-0.05, 0) is 57.0 Å². The van der Waals surface area contributed by atoms with E-state index in [1.54, 1.807) is 6.07 Å². The lowest BCUT2D eigenvalue weighted by atomic mass is 9.81. The van der Waals surface area contributed by atoms with Crippen molar-refractivity contribution in [2.24, 2.45) is 11.1 Å². The van der Waals surface area contributed by atoms with Gasteiger partial charge in [-0.25, -0.2) is 0 Å². The number of nitrogens with two attached hydrogens (primary N) is 1. The molecule has 1 aromatic rings. The lowest BCUT2D eigenvalue weighted by Crippen LogP contribution is -2.41. The van der Waals surface area contributed by atoms with Crippen molar-refractivity contribution in [3.8, 4) is 0 Å². The normalized spacial score (nSPS) is 15.8. The number of likely N-dealkylation sites (tertiary alicyclic amines) is 1. The van der Waals surface area contributed by atoms with E-state index < -0.39 is 5.41 Å². The van der Waals surface area contributed by atoms with Crippen LogP contribution in [0.15, 0.2) is 24.3 Å². The Kier molecular flexibility index (Phi) is 8.25. The molecular weight excluding hydrogens is 340 g/mol. The Morgan fingerprint density at radius 2 is 1.63 bits per heavy atom. The maximum absolute atomic E-state index is 12.7. The third-order valence-corrected chi connectivity index (χ3v) is 5.70. The summed E-state index contributed by atoms with van der Waals surface area (Å²) >= 11 is 0. The molecule has 6 heteroatoms. The van der Waals surface area contributed by atoms with Crippen molar-refractivity contribution in [3.05, 3.63) is 24.3 Å². The van der Waals surface area contributed by atoms with Crippen molar-refractivity contribution in [2.75, 3.05) is 36.8 Å². The first-order valence-corrected chi connectivity index (χ1v) is 10.2. The summed E-state index contributed by atoms with van der Waals surface area (Å²) in [5, 5.41) is 5.91. The zero-order chi connectivity index (χ0) is 19.7. The highest BCUT2D eigenvalue weighted by Crippen LogP contribution is 2.27. The third kappa shape index (κ3) is 6.04. The van der Waals surface area contributed by atoms with Crippen LogP contribution in [0.2, 0.25) is 0 Å². The molecule has 0 aliphatic carbocycles. The maximum atomic E-state index is 12.7.